The predicted octanol–water partition coefficient (Wildman–Crippen LogP) is 2.69. The lowest BCUT2D eigenvalue weighted by Gasteiger charge is -2.13. The molecule has 0 aliphatic heterocycles. The van der Waals surface area contributed by atoms with Crippen LogP contribution >= 0.6 is 11.8 Å². The van der Waals surface area contributed by atoms with E-state index in [0.29, 0.717) is 28.6 Å². The van der Waals surface area contributed by atoms with E-state index in [-0.39, 0.29) is 16.6 Å². The average Bonchev–Trinajstić information content (AvgIpc) is 3.14. The third kappa shape index (κ3) is 4.79. The lowest BCUT2D eigenvalue weighted by molar-refractivity contribution is -0.113. The molecule has 0 unspecified atom stereocenters. The predicted molar refractivity (Wildman–Crippen MR) is 111 cm³/mol. The van der Waals surface area contributed by atoms with Gasteiger partial charge in [0.15, 0.2) is 29.0 Å². The van der Waals surface area contributed by atoms with E-state index in [1.54, 1.807) is 12.1 Å². The number of hydrogen-bond donors (Lipinski definition) is 2. The highest BCUT2D eigenvalue weighted by Crippen LogP contribution is 2.40. The van der Waals surface area contributed by atoms with Gasteiger partial charge in [0.1, 0.15) is 0 Å². The first-order valence-electron chi connectivity index (χ1n) is 8.76. The van der Waals surface area contributed by atoms with Crippen molar-refractivity contribution in [3.05, 3.63) is 42.0 Å². The zero-order valence-corrected chi connectivity index (χ0v) is 17.6. The minimum atomic E-state index is -1.05. The van der Waals surface area contributed by atoms with Crippen molar-refractivity contribution in [2.75, 3.05) is 38.2 Å². The molecular weight excluding hydrogens is 432 g/mol. The smallest absolute Gasteiger partial charge is 0.234 e. The number of hydrogen-bond acceptors (Lipinski definition) is 8. The lowest BCUT2D eigenvalue weighted by Crippen LogP contribution is -2.16. The van der Waals surface area contributed by atoms with Gasteiger partial charge in [-0.15, -0.1) is 10.2 Å². The number of nitrogen functional groups attached to an aromatic ring is 1. The number of nitrogens with two attached hydrogens (primary N) is 1. The van der Waals surface area contributed by atoms with Gasteiger partial charge in [-0.2, -0.15) is 0 Å². The van der Waals surface area contributed by atoms with Crippen molar-refractivity contribution in [2.45, 2.75) is 5.16 Å². The third-order valence-electron chi connectivity index (χ3n) is 4.12. The Hall–Kier alpha value is -3.54. The molecule has 2 aromatic carbocycles. The summed E-state index contributed by atoms with van der Waals surface area (Å²) in [7, 11) is 4.47. The van der Waals surface area contributed by atoms with Gasteiger partial charge in [0.2, 0.25) is 16.8 Å². The number of carbonyl (C=O) groups is 1. The summed E-state index contributed by atoms with van der Waals surface area (Å²) in [6.07, 6.45) is 0. The van der Waals surface area contributed by atoms with E-state index in [1.165, 1.54) is 32.1 Å². The van der Waals surface area contributed by atoms with Crippen LogP contribution in [-0.4, -0.2) is 47.9 Å². The highest BCUT2D eigenvalue weighted by molar-refractivity contribution is 7.99. The van der Waals surface area contributed by atoms with E-state index in [1.807, 2.05) is 0 Å². The van der Waals surface area contributed by atoms with Crippen LogP contribution in [0.2, 0.25) is 0 Å². The molecule has 164 valence electrons. The van der Waals surface area contributed by atoms with Crippen LogP contribution in [0.25, 0.3) is 11.4 Å². The Kier molecular flexibility index (Phi) is 6.80. The van der Waals surface area contributed by atoms with E-state index in [0.717, 1.165) is 23.9 Å². The summed E-state index contributed by atoms with van der Waals surface area (Å²) in [5, 5.41) is 10.8. The molecule has 3 aromatic rings. The van der Waals surface area contributed by atoms with Crippen LogP contribution in [0.1, 0.15) is 0 Å². The molecule has 1 amide bonds. The Morgan fingerprint density at radius 1 is 1.06 bits per heavy atom. The van der Waals surface area contributed by atoms with Gasteiger partial charge in [-0.05, 0) is 24.3 Å². The second-order valence-electron chi connectivity index (χ2n) is 6.06. The van der Waals surface area contributed by atoms with Gasteiger partial charge >= 0.3 is 0 Å². The Bertz CT molecular complexity index is 1080. The number of nitrogens with one attached hydrogen (secondary N) is 1. The van der Waals surface area contributed by atoms with Crippen LogP contribution in [0.15, 0.2) is 35.5 Å². The first-order valence-corrected chi connectivity index (χ1v) is 9.75. The molecule has 3 rings (SSSR count). The van der Waals surface area contributed by atoms with Crippen LogP contribution in [0, 0.1) is 11.6 Å². The van der Waals surface area contributed by atoms with E-state index in [2.05, 4.69) is 15.5 Å². The number of thioether (sulfide) groups is 1. The Balaban J connectivity index is 1.74. The molecule has 12 heteroatoms. The quantitative estimate of drug-likeness (QED) is 0.397. The molecule has 0 spiro atoms. The fourth-order valence-corrected chi connectivity index (χ4v) is 3.34. The largest absolute Gasteiger partial charge is 0.493 e. The van der Waals surface area contributed by atoms with Gasteiger partial charge in [-0.25, -0.2) is 13.5 Å². The second-order valence-corrected chi connectivity index (χ2v) is 7.00. The van der Waals surface area contributed by atoms with Crippen molar-refractivity contribution in [1.82, 2.24) is 14.9 Å². The standard InChI is InChI=1S/C19H19F2N5O4S/c1-28-14-6-10(7-15(29-2)17(14)30-3)18-24-25-19(26(18)22)31-9-16(27)23-11-4-5-12(20)13(21)8-11/h4-8H,9,22H2,1-3H3,(H,23,27). The Morgan fingerprint density at radius 3 is 2.32 bits per heavy atom. The fraction of sp³-hybridized carbons (Fsp3) is 0.211. The number of carbonyl (C=O) groups excluding carboxylic acids is 1. The zero-order valence-electron chi connectivity index (χ0n) is 16.8. The second kappa shape index (κ2) is 9.51. The molecule has 0 saturated carbocycles. The molecule has 0 fully saturated rings. The van der Waals surface area contributed by atoms with Gasteiger partial charge in [0.25, 0.3) is 0 Å². The van der Waals surface area contributed by atoms with Crippen LogP contribution in [0.4, 0.5) is 14.5 Å². The van der Waals surface area contributed by atoms with Gasteiger partial charge in [0.05, 0.1) is 27.1 Å². The average molecular weight is 451 g/mol. The highest BCUT2D eigenvalue weighted by atomic mass is 32.2. The van der Waals surface area contributed by atoms with Gasteiger partial charge in [0, 0.05) is 17.3 Å². The molecule has 31 heavy (non-hydrogen) atoms. The molecule has 3 N–H and O–H groups in total. The Labute approximate surface area is 180 Å². The van der Waals surface area contributed by atoms with Gasteiger partial charge < -0.3 is 25.4 Å². The maximum Gasteiger partial charge on any atom is 0.234 e. The first kappa shape index (κ1) is 22.2. The summed E-state index contributed by atoms with van der Waals surface area (Å²) < 4.78 is 43.4. The number of benzene rings is 2. The molecule has 9 nitrogen and oxygen atoms in total. The molecule has 1 heterocycles. The summed E-state index contributed by atoms with van der Waals surface area (Å²) >= 11 is 1.02. The first-order chi connectivity index (χ1) is 14.9. The summed E-state index contributed by atoms with van der Waals surface area (Å²) in [6, 6.07) is 6.41. The molecule has 0 saturated heterocycles. The molecule has 0 bridgehead atoms. The van der Waals surface area contributed by atoms with Crippen LogP contribution in [0.3, 0.4) is 0 Å². The van der Waals surface area contributed by atoms with Crippen molar-refractivity contribution in [3.8, 4) is 28.6 Å². The van der Waals surface area contributed by atoms with Gasteiger partial charge in [-0.3, -0.25) is 4.79 Å². The van der Waals surface area contributed by atoms with E-state index in [9.17, 15) is 13.6 Å². The number of halogens is 2. The highest BCUT2D eigenvalue weighted by Gasteiger charge is 2.19. The maximum absolute atomic E-state index is 13.3. The summed E-state index contributed by atoms with van der Waals surface area (Å²) in [5.74, 6) is 5.08. The molecule has 1 aromatic heterocycles. The van der Waals surface area contributed by atoms with E-state index in [4.69, 9.17) is 20.1 Å². The minimum Gasteiger partial charge on any atom is -0.493 e. The number of ether oxygens (including phenoxy) is 3. The Morgan fingerprint density at radius 2 is 1.74 bits per heavy atom. The number of aromatic nitrogens is 3. The van der Waals surface area contributed by atoms with Crippen molar-refractivity contribution < 1.29 is 27.8 Å². The SMILES string of the molecule is COc1cc(-c2nnc(SCC(=O)Nc3ccc(F)c(F)c3)n2N)cc(OC)c1OC. The molecule has 0 aliphatic rings. The summed E-state index contributed by atoms with van der Waals surface area (Å²) in [4.78, 5) is 12.1. The molecule has 0 atom stereocenters. The summed E-state index contributed by atoms with van der Waals surface area (Å²) in [5.41, 5.74) is 0.694. The molecule has 0 radical (unpaired) electrons. The van der Waals surface area contributed by atoms with Crippen molar-refractivity contribution in [1.29, 1.82) is 0 Å². The van der Waals surface area contributed by atoms with Crippen LogP contribution < -0.4 is 25.4 Å². The molecule has 0 aliphatic carbocycles. The summed E-state index contributed by atoms with van der Waals surface area (Å²) in [6.45, 7) is 0. The minimum absolute atomic E-state index is 0.0798. The lowest BCUT2D eigenvalue weighted by atomic mass is 10.1. The third-order valence-corrected chi connectivity index (χ3v) is 5.07. The number of nitrogens with zero attached hydrogens (tertiary/aromatic N) is 3. The monoisotopic (exact) mass is 451 g/mol. The number of amides is 1. The topological polar surface area (TPSA) is 114 Å². The number of anilines is 1. The number of rotatable bonds is 8. The van der Waals surface area contributed by atoms with Crippen LogP contribution in [-0.2, 0) is 4.79 Å². The number of methoxy groups -OCH3 is 3. The maximum atomic E-state index is 13.3. The van der Waals surface area contributed by atoms with Crippen molar-refractivity contribution in [3.63, 3.8) is 0 Å². The molecular formula is C19H19F2N5O4S. The fourth-order valence-electron chi connectivity index (χ4n) is 2.68. The van der Waals surface area contributed by atoms with Gasteiger partial charge in [-0.1, -0.05) is 11.8 Å². The van der Waals surface area contributed by atoms with Crippen molar-refractivity contribution >= 4 is 23.4 Å². The van der Waals surface area contributed by atoms with Crippen molar-refractivity contribution in [2.24, 2.45) is 0 Å². The van der Waals surface area contributed by atoms with E-state index >= 15 is 0 Å². The van der Waals surface area contributed by atoms with E-state index < -0.39 is 17.5 Å². The van der Waals surface area contributed by atoms with Crippen LogP contribution in [0.5, 0.6) is 17.2 Å². The normalized spacial score (nSPS) is 10.6. The zero-order chi connectivity index (χ0) is 22.5.